The first-order chi connectivity index (χ1) is 15.9. The number of aromatic nitrogens is 1. The van der Waals surface area contributed by atoms with Crippen molar-refractivity contribution in [3.8, 4) is 16.9 Å². The van der Waals surface area contributed by atoms with Gasteiger partial charge < -0.3 is 14.2 Å². The molecular formula is C26H23ClF2N2O2. The maximum absolute atomic E-state index is 13.6. The number of carbonyl (C=O) groups excluding carboxylic acids is 1. The number of rotatable bonds is 6. The average molecular weight is 469 g/mol. The number of halogens is 3. The van der Waals surface area contributed by atoms with Crippen molar-refractivity contribution < 1.29 is 18.3 Å². The van der Waals surface area contributed by atoms with Crippen molar-refractivity contribution in [1.82, 2.24) is 9.47 Å². The molecule has 0 bridgehead atoms. The second kappa shape index (κ2) is 9.63. The normalized spacial score (nSPS) is 11.1. The minimum Gasteiger partial charge on any atom is -0.410 e. The van der Waals surface area contributed by atoms with Crippen molar-refractivity contribution in [2.75, 3.05) is 13.1 Å². The van der Waals surface area contributed by atoms with Crippen LogP contribution in [-0.2, 0) is 6.54 Å². The van der Waals surface area contributed by atoms with E-state index in [9.17, 15) is 13.6 Å². The molecule has 0 aliphatic carbocycles. The Morgan fingerprint density at radius 2 is 1.67 bits per heavy atom. The molecule has 0 unspecified atom stereocenters. The van der Waals surface area contributed by atoms with Crippen LogP contribution in [0, 0.1) is 11.6 Å². The van der Waals surface area contributed by atoms with E-state index in [2.05, 4.69) is 0 Å². The summed E-state index contributed by atoms with van der Waals surface area (Å²) in [5.74, 6) is -0.348. The Kier molecular flexibility index (Phi) is 6.65. The lowest BCUT2D eigenvalue weighted by molar-refractivity contribution is 0.157. The Bertz CT molecular complexity index is 1300. The van der Waals surface area contributed by atoms with Gasteiger partial charge in [-0.25, -0.2) is 13.6 Å². The molecule has 0 N–H and O–H groups in total. The fourth-order valence-electron chi connectivity index (χ4n) is 3.86. The van der Waals surface area contributed by atoms with Gasteiger partial charge in [-0.3, -0.25) is 0 Å². The molecule has 1 aromatic heterocycles. The van der Waals surface area contributed by atoms with E-state index < -0.39 is 6.09 Å². The summed E-state index contributed by atoms with van der Waals surface area (Å²) in [6.07, 6.45) is 1.45. The first kappa shape index (κ1) is 22.8. The Morgan fingerprint density at radius 3 is 2.33 bits per heavy atom. The van der Waals surface area contributed by atoms with Crippen LogP contribution < -0.4 is 4.74 Å². The number of hydrogen-bond donors (Lipinski definition) is 0. The molecule has 0 aliphatic rings. The van der Waals surface area contributed by atoms with Gasteiger partial charge in [-0.1, -0.05) is 29.8 Å². The third-order valence-electron chi connectivity index (χ3n) is 5.62. The van der Waals surface area contributed by atoms with E-state index in [0.29, 0.717) is 36.0 Å². The summed E-state index contributed by atoms with van der Waals surface area (Å²) in [6, 6.07) is 15.9. The van der Waals surface area contributed by atoms with Gasteiger partial charge in [0.15, 0.2) is 0 Å². The smallest absolute Gasteiger partial charge is 0.410 e. The topological polar surface area (TPSA) is 34.5 Å². The van der Waals surface area contributed by atoms with Gasteiger partial charge in [0.25, 0.3) is 0 Å². The molecule has 0 radical (unpaired) electrons. The fraction of sp³-hybridized carbons (Fsp3) is 0.192. The molecule has 0 saturated carbocycles. The van der Waals surface area contributed by atoms with E-state index in [1.165, 1.54) is 24.3 Å². The minimum atomic E-state index is -0.444. The van der Waals surface area contributed by atoms with Crippen molar-refractivity contribution in [2.24, 2.45) is 0 Å². The van der Waals surface area contributed by atoms with E-state index in [0.717, 1.165) is 22.0 Å². The van der Waals surface area contributed by atoms with E-state index in [1.807, 2.05) is 36.7 Å². The number of benzene rings is 3. The molecule has 3 aromatic carbocycles. The Hall–Kier alpha value is -3.38. The summed E-state index contributed by atoms with van der Waals surface area (Å²) in [7, 11) is 0. The third kappa shape index (κ3) is 4.71. The van der Waals surface area contributed by atoms with Crippen molar-refractivity contribution in [2.45, 2.75) is 20.4 Å². The van der Waals surface area contributed by atoms with Crippen LogP contribution in [0.15, 0.2) is 66.9 Å². The molecule has 4 rings (SSSR count). The van der Waals surface area contributed by atoms with Crippen LogP contribution in [0.1, 0.15) is 19.4 Å². The molecule has 0 saturated heterocycles. The zero-order valence-electron chi connectivity index (χ0n) is 18.3. The Labute approximate surface area is 196 Å². The van der Waals surface area contributed by atoms with Crippen LogP contribution in [0.2, 0.25) is 5.02 Å². The highest BCUT2D eigenvalue weighted by molar-refractivity contribution is 6.31. The molecule has 7 heteroatoms. The molecule has 0 aliphatic heterocycles. The quantitative estimate of drug-likeness (QED) is 0.301. The van der Waals surface area contributed by atoms with Gasteiger partial charge in [-0.15, -0.1) is 0 Å². The van der Waals surface area contributed by atoms with Crippen molar-refractivity contribution in [1.29, 1.82) is 0 Å². The molecule has 1 heterocycles. The van der Waals surface area contributed by atoms with E-state index >= 15 is 0 Å². The van der Waals surface area contributed by atoms with Crippen molar-refractivity contribution in [3.63, 3.8) is 0 Å². The maximum Gasteiger partial charge on any atom is 0.415 e. The van der Waals surface area contributed by atoms with Crippen LogP contribution >= 0.6 is 11.6 Å². The molecule has 0 spiro atoms. The predicted octanol–water partition coefficient (Wildman–Crippen LogP) is 7.13. The molecule has 4 aromatic rings. The maximum atomic E-state index is 13.6. The Morgan fingerprint density at radius 1 is 0.970 bits per heavy atom. The van der Waals surface area contributed by atoms with Gasteiger partial charge >= 0.3 is 6.09 Å². The lowest BCUT2D eigenvalue weighted by Gasteiger charge is -2.20. The van der Waals surface area contributed by atoms with Crippen molar-refractivity contribution in [3.05, 3.63) is 89.1 Å². The number of carbonyl (C=O) groups is 1. The van der Waals surface area contributed by atoms with E-state index in [-0.39, 0.29) is 11.6 Å². The van der Waals surface area contributed by atoms with Crippen molar-refractivity contribution >= 4 is 28.6 Å². The van der Waals surface area contributed by atoms with Gasteiger partial charge in [-0.2, -0.15) is 0 Å². The molecular weight excluding hydrogens is 446 g/mol. The SMILES string of the molecule is CCN(CC)C(=O)Oc1ccc2c(ccn2Cc2ccc(F)cc2Cl)c1-c1ccc(F)cc1. The third-order valence-corrected chi connectivity index (χ3v) is 5.97. The number of nitrogens with zero attached hydrogens (tertiary/aromatic N) is 2. The lowest BCUT2D eigenvalue weighted by atomic mass is 10.0. The van der Waals surface area contributed by atoms with Crippen LogP contribution in [0.3, 0.4) is 0 Å². The molecule has 0 fully saturated rings. The second-order valence-corrected chi connectivity index (χ2v) is 8.01. The van der Waals surface area contributed by atoms with Gasteiger partial charge in [0, 0.05) is 47.3 Å². The molecule has 33 heavy (non-hydrogen) atoms. The summed E-state index contributed by atoms with van der Waals surface area (Å²) in [5.41, 5.74) is 3.06. The predicted molar refractivity (Wildman–Crippen MR) is 127 cm³/mol. The number of fused-ring (bicyclic) bond motifs is 1. The van der Waals surface area contributed by atoms with Gasteiger partial charge in [0.1, 0.15) is 17.4 Å². The Balaban J connectivity index is 1.81. The van der Waals surface area contributed by atoms with E-state index in [4.69, 9.17) is 16.3 Å². The number of amides is 1. The average Bonchev–Trinajstić information content (AvgIpc) is 3.20. The highest BCUT2D eigenvalue weighted by Crippen LogP contribution is 2.38. The monoisotopic (exact) mass is 468 g/mol. The van der Waals surface area contributed by atoms with Crippen LogP contribution in [-0.4, -0.2) is 28.6 Å². The highest BCUT2D eigenvalue weighted by atomic mass is 35.5. The highest BCUT2D eigenvalue weighted by Gasteiger charge is 2.19. The van der Waals surface area contributed by atoms with Crippen LogP contribution in [0.4, 0.5) is 13.6 Å². The lowest BCUT2D eigenvalue weighted by Crippen LogP contribution is -2.33. The van der Waals surface area contributed by atoms with Gasteiger partial charge in [0.2, 0.25) is 0 Å². The fourth-order valence-corrected chi connectivity index (χ4v) is 4.09. The molecule has 4 nitrogen and oxygen atoms in total. The standard InChI is InChI=1S/C26H23ClF2N2O2/c1-3-30(4-2)26(32)33-24-12-11-23-21(25(24)17-5-8-19(28)9-6-17)13-14-31(23)16-18-7-10-20(29)15-22(18)27/h5-15H,3-4,16H2,1-2H3. The summed E-state index contributed by atoms with van der Waals surface area (Å²) in [4.78, 5) is 14.2. The summed E-state index contributed by atoms with van der Waals surface area (Å²) < 4.78 is 34.8. The van der Waals surface area contributed by atoms with E-state index in [1.54, 1.807) is 29.2 Å². The largest absolute Gasteiger partial charge is 0.415 e. The molecule has 170 valence electrons. The molecule has 1 amide bonds. The summed E-state index contributed by atoms with van der Waals surface area (Å²) in [6.45, 7) is 5.26. The van der Waals surface area contributed by atoms with Crippen LogP contribution in [0.25, 0.3) is 22.0 Å². The summed E-state index contributed by atoms with van der Waals surface area (Å²) >= 11 is 6.23. The first-order valence-electron chi connectivity index (χ1n) is 10.7. The van der Waals surface area contributed by atoms with Gasteiger partial charge in [0.05, 0.1) is 0 Å². The number of hydrogen-bond acceptors (Lipinski definition) is 2. The second-order valence-electron chi connectivity index (χ2n) is 7.60. The summed E-state index contributed by atoms with van der Waals surface area (Å²) in [5, 5.41) is 1.19. The molecule has 0 atom stereocenters. The first-order valence-corrected chi connectivity index (χ1v) is 11.1. The zero-order chi connectivity index (χ0) is 23.5. The zero-order valence-corrected chi connectivity index (χ0v) is 19.1. The van der Waals surface area contributed by atoms with Crippen LogP contribution in [0.5, 0.6) is 5.75 Å². The minimum absolute atomic E-state index is 0.348. The van der Waals surface area contributed by atoms with Gasteiger partial charge in [-0.05, 0) is 67.4 Å². The number of ether oxygens (including phenoxy) is 1.